The van der Waals surface area contributed by atoms with Gasteiger partial charge in [0.05, 0.1) is 10.8 Å². The van der Waals surface area contributed by atoms with E-state index in [0.29, 0.717) is 11.1 Å². The van der Waals surface area contributed by atoms with Gasteiger partial charge in [0.1, 0.15) is 0 Å². The number of hydrogen-bond donors (Lipinski definition) is 1. The Labute approximate surface area is 116 Å². The van der Waals surface area contributed by atoms with Crippen LogP contribution < -0.4 is 0 Å². The highest BCUT2D eigenvalue weighted by Crippen LogP contribution is 2.22. The molecule has 20 heavy (non-hydrogen) atoms. The van der Waals surface area contributed by atoms with Crippen molar-refractivity contribution in [1.29, 1.82) is 0 Å². The van der Waals surface area contributed by atoms with Crippen LogP contribution in [0.3, 0.4) is 0 Å². The van der Waals surface area contributed by atoms with Crippen LogP contribution in [0.2, 0.25) is 0 Å². The summed E-state index contributed by atoms with van der Waals surface area (Å²) < 4.78 is 23.0. The van der Waals surface area contributed by atoms with Gasteiger partial charge in [-0.15, -0.1) is 0 Å². The average molecular weight is 297 g/mol. The normalized spacial score (nSPS) is 15.8. The molecule has 2 rings (SSSR count). The van der Waals surface area contributed by atoms with Gasteiger partial charge in [0.2, 0.25) is 0 Å². The van der Waals surface area contributed by atoms with Gasteiger partial charge < -0.3 is 10.0 Å². The van der Waals surface area contributed by atoms with E-state index in [1.807, 2.05) is 0 Å². The van der Waals surface area contributed by atoms with E-state index in [0.717, 1.165) is 6.26 Å². The van der Waals surface area contributed by atoms with Crippen LogP contribution in [0, 0.1) is 12.8 Å². The Kier molecular flexibility index (Phi) is 3.56. The number of sulfone groups is 1. The van der Waals surface area contributed by atoms with E-state index in [9.17, 15) is 18.0 Å². The number of benzene rings is 1. The molecule has 0 saturated carbocycles. The first-order valence-electron chi connectivity index (χ1n) is 6.03. The molecule has 1 fully saturated rings. The molecule has 0 aliphatic carbocycles. The molecule has 1 saturated heterocycles. The van der Waals surface area contributed by atoms with Gasteiger partial charge >= 0.3 is 5.97 Å². The van der Waals surface area contributed by atoms with E-state index >= 15 is 0 Å². The van der Waals surface area contributed by atoms with E-state index in [1.165, 1.54) is 17.0 Å². The van der Waals surface area contributed by atoms with Crippen molar-refractivity contribution >= 4 is 21.7 Å². The van der Waals surface area contributed by atoms with E-state index < -0.39 is 21.7 Å². The van der Waals surface area contributed by atoms with E-state index in [1.54, 1.807) is 13.0 Å². The fraction of sp³-hybridized carbons (Fsp3) is 0.385. The molecule has 108 valence electrons. The summed E-state index contributed by atoms with van der Waals surface area (Å²) in [6.07, 6.45) is 1.08. The Morgan fingerprint density at radius 2 is 1.90 bits per heavy atom. The lowest BCUT2D eigenvalue weighted by Gasteiger charge is -2.37. The molecule has 0 radical (unpaired) electrons. The minimum Gasteiger partial charge on any atom is -0.481 e. The summed E-state index contributed by atoms with van der Waals surface area (Å²) in [6.45, 7) is 2.04. The third-order valence-electron chi connectivity index (χ3n) is 3.39. The quantitative estimate of drug-likeness (QED) is 0.880. The van der Waals surface area contributed by atoms with Gasteiger partial charge in [0.25, 0.3) is 5.91 Å². The summed E-state index contributed by atoms with van der Waals surface area (Å²) in [5, 5.41) is 8.79. The van der Waals surface area contributed by atoms with Gasteiger partial charge in [-0.05, 0) is 24.6 Å². The molecular formula is C13H15NO5S. The monoisotopic (exact) mass is 297 g/mol. The lowest BCUT2D eigenvalue weighted by Crippen LogP contribution is -2.53. The number of carboxylic acid groups (broad SMARTS) is 1. The molecule has 0 aromatic heterocycles. The lowest BCUT2D eigenvalue weighted by atomic mass is 9.98. The van der Waals surface area contributed by atoms with Crippen molar-refractivity contribution in [2.24, 2.45) is 5.92 Å². The average Bonchev–Trinajstić information content (AvgIpc) is 2.24. The van der Waals surface area contributed by atoms with Crippen LogP contribution >= 0.6 is 0 Å². The molecule has 1 amide bonds. The van der Waals surface area contributed by atoms with Crippen LogP contribution in [0.15, 0.2) is 23.1 Å². The highest BCUT2D eigenvalue weighted by molar-refractivity contribution is 7.90. The molecule has 1 aromatic carbocycles. The first kappa shape index (κ1) is 14.5. The molecule has 0 bridgehead atoms. The van der Waals surface area contributed by atoms with Crippen LogP contribution in [-0.4, -0.2) is 49.6 Å². The first-order chi connectivity index (χ1) is 9.20. The molecule has 0 spiro atoms. The number of aliphatic carboxylic acids is 1. The second-order valence-electron chi connectivity index (χ2n) is 4.99. The van der Waals surface area contributed by atoms with Crippen molar-refractivity contribution in [2.45, 2.75) is 11.8 Å². The van der Waals surface area contributed by atoms with Gasteiger partial charge in [-0.1, -0.05) is 6.07 Å². The van der Waals surface area contributed by atoms with Crippen LogP contribution in [0.25, 0.3) is 0 Å². The van der Waals surface area contributed by atoms with Crippen LogP contribution in [-0.2, 0) is 14.6 Å². The maximum atomic E-state index is 12.2. The maximum Gasteiger partial charge on any atom is 0.310 e. The molecule has 1 aromatic rings. The molecular weight excluding hydrogens is 282 g/mol. The van der Waals surface area contributed by atoms with Crippen molar-refractivity contribution in [3.63, 3.8) is 0 Å². The van der Waals surface area contributed by atoms with Gasteiger partial charge in [-0.3, -0.25) is 9.59 Å². The summed E-state index contributed by atoms with van der Waals surface area (Å²) in [5.74, 6) is -1.78. The van der Waals surface area contributed by atoms with Crippen molar-refractivity contribution in [1.82, 2.24) is 4.90 Å². The van der Waals surface area contributed by atoms with Crippen molar-refractivity contribution < 1.29 is 23.1 Å². The van der Waals surface area contributed by atoms with Crippen molar-refractivity contribution in [2.75, 3.05) is 19.3 Å². The Morgan fingerprint density at radius 3 is 2.40 bits per heavy atom. The highest BCUT2D eigenvalue weighted by atomic mass is 32.2. The van der Waals surface area contributed by atoms with E-state index in [4.69, 9.17) is 5.11 Å². The van der Waals surface area contributed by atoms with E-state index in [2.05, 4.69) is 0 Å². The van der Waals surface area contributed by atoms with Gasteiger partial charge in [-0.25, -0.2) is 8.42 Å². The SMILES string of the molecule is Cc1ccc(S(C)(=O)=O)cc1C(=O)N1CC(C(=O)O)C1. The fourth-order valence-corrected chi connectivity index (χ4v) is 2.68. The number of likely N-dealkylation sites (tertiary alicyclic amines) is 1. The van der Waals surface area contributed by atoms with E-state index in [-0.39, 0.29) is 23.9 Å². The topological polar surface area (TPSA) is 91.8 Å². The summed E-state index contributed by atoms with van der Waals surface area (Å²) in [4.78, 5) is 24.4. The molecule has 1 heterocycles. The van der Waals surface area contributed by atoms with Gasteiger partial charge in [0.15, 0.2) is 9.84 Å². The summed E-state index contributed by atoms with van der Waals surface area (Å²) in [6, 6.07) is 4.39. The van der Waals surface area contributed by atoms with Crippen molar-refractivity contribution in [3.05, 3.63) is 29.3 Å². The zero-order valence-corrected chi connectivity index (χ0v) is 12.0. The number of carboxylic acids is 1. The molecule has 1 aliphatic rings. The van der Waals surface area contributed by atoms with Gasteiger partial charge in [0, 0.05) is 24.9 Å². The second kappa shape index (κ2) is 4.90. The van der Waals surface area contributed by atoms with Crippen LogP contribution in [0.4, 0.5) is 0 Å². The lowest BCUT2D eigenvalue weighted by molar-refractivity contribution is -0.146. The number of carbonyl (C=O) groups excluding carboxylic acids is 1. The molecule has 0 unspecified atom stereocenters. The third-order valence-corrected chi connectivity index (χ3v) is 4.50. The Morgan fingerprint density at radius 1 is 1.30 bits per heavy atom. The summed E-state index contributed by atoms with van der Waals surface area (Å²) >= 11 is 0. The first-order valence-corrected chi connectivity index (χ1v) is 7.92. The summed E-state index contributed by atoms with van der Waals surface area (Å²) in [7, 11) is -3.38. The minimum atomic E-state index is -3.38. The minimum absolute atomic E-state index is 0.0850. The standard InChI is InChI=1S/C13H15NO5S/c1-8-3-4-10(20(2,18)19)5-11(8)12(15)14-6-9(7-14)13(16)17/h3-5,9H,6-7H2,1-2H3,(H,16,17). The molecule has 6 nitrogen and oxygen atoms in total. The smallest absolute Gasteiger partial charge is 0.310 e. The largest absolute Gasteiger partial charge is 0.481 e. The zero-order chi connectivity index (χ0) is 15.1. The Bertz CT molecular complexity index is 674. The number of rotatable bonds is 3. The molecule has 1 N–H and O–H groups in total. The number of hydrogen-bond acceptors (Lipinski definition) is 4. The predicted octanol–water partition coefficient (Wildman–Crippen LogP) is 0.555. The Balaban J connectivity index is 2.25. The third kappa shape index (κ3) is 2.67. The van der Waals surface area contributed by atoms with Crippen LogP contribution in [0.1, 0.15) is 15.9 Å². The predicted molar refractivity (Wildman–Crippen MR) is 71.3 cm³/mol. The van der Waals surface area contributed by atoms with Crippen molar-refractivity contribution in [3.8, 4) is 0 Å². The second-order valence-corrected chi connectivity index (χ2v) is 7.01. The number of nitrogens with zero attached hydrogens (tertiary/aromatic N) is 1. The maximum absolute atomic E-state index is 12.2. The van der Waals surface area contributed by atoms with Crippen LogP contribution in [0.5, 0.6) is 0 Å². The molecule has 1 aliphatic heterocycles. The Hall–Kier alpha value is -1.89. The number of amides is 1. The fourth-order valence-electron chi connectivity index (χ4n) is 2.03. The number of aryl methyl sites for hydroxylation is 1. The summed E-state index contributed by atoms with van der Waals surface area (Å²) in [5.41, 5.74) is 0.970. The zero-order valence-electron chi connectivity index (χ0n) is 11.2. The molecule has 7 heteroatoms. The highest BCUT2D eigenvalue weighted by Gasteiger charge is 2.36. The molecule has 0 atom stereocenters. The van der Waals surface area contributed by atoms with Gasteiger partial charge in [-0.2, -0.15) is 0 Å². The number of carbonyl (C=O) groups is 2.